The number of anilines is 2. The van der Waals surface area contributed by atoms with E-state index in [1.165, 1.54) is 12.7 Å². The zero-order valence-electron chi connectivity index (χ0n) is 32.6. The molecule has 6 aromatic rings. The summed E-state index contributed by atoms with van der Waals surface area (Å²) < 4.78 is 41.0. The second kappa shape index (κ2) is 15.7. The predicted molar refractivity (Wildman–Crippen MR) is 225 cm³/mol. The second-order valence-corrected chi connectivity index (χ2v) is 17.6. The summed E-state index contributed by atoms with van der Waals surface area (Å²) in [7, 11) is 0. The number of nitrogen functional groups attached to an aromatic ring is 2. The van der Waals surface area contributed by atoms with E-state index >= 15 is 0 Å². The summed E-state index contributed by atoms with van der Waals surface area (Å²) in [6.07, 6.45) is 1.21. The molecular weight excluding hydrogens is 874 g/mol. The van der Waals surface area contributed by atoms with Crippen LogP contribution in [0, 0.1) is 0 Å². The number of aliphatic hydroxyl groups is 2. The van der Waals surface area contributed by atoms with Crippen LogP contribution in [0.2, 0.25) is 20.1 Å². The molecule has 0 spiro atoms. The molecule has 0 saturated carbocycles. The van der Waals surface area contributed by atoms with Crippen LogP contribution in [0.3, 0.4) is 0 Å². The van der Waals surface area contributed by atoms with E-state index in [1.807, 2.05) is 48.9 Å². The van der Waals surface area contributed by atoms with Crippen LogP contribution < -0.4 is 11.5 Å². The van der Waals surface area contributed by atoms with Gasteiger partial charge in [-0.3, -0.25) is 0 Å². The Kier molecular flexibility index (Phi) is 10.6. The smallest absolute Gasteiger partial charge is 0.164 e. The molecule has 0 unspecified atom stereocenters. The van der Waals surface area contributed by atoms with Gasteiger partial charge in [0.25, 0.3) is 0 Å². The van der Waals surface area contributed by atoms with Gasteiger partial charge in [0.1, 0.15) is 84.4 Å². The lowest BCUT2D eigenvalue weighted by molar-refractivity contribution is -0.212. The van der Waals surface area contributed by atoms with E-state index in [0.29, 0.717) is 68.0 Å². The van der Waals surface area contributed by atoms with Gasteiger partial charge >= 0.3 is 0 Å². The first-order valence-corrected chi connectivity index (χ1v) is 21.1. The topological polar surface area (TPSA) is 209 Å². The number of benzene rings is 2. The zero-order chi connectivity index (χ0) is 42.5. The lowest BCUT2D eigenvalue weighted by Gasteiger charge is -2.33. The molecule has 0 bridgehead atoms. The molecule has 0 amide bonds. The van der Waals surface area contributed by atoms with Gasteiger partial charge in [-0.25, -0.2) is 19.9 Å². The largest absolute Gasteiger partial charge is 0.387 e. The third-order valence-corrected chi connectivity index (χ3v) is 13.3. The summed E-state index contributed by atoms with van der Waals surface area (Å²) >= 11 is 25.0. The van der Waals surface area contributed by atoms with Crippen molar-refractivity contribution in [2.45, 2.75) is 93.8 Å². The van der Waals surface area contributed by atoms with E-state index in [2.05, 4.69) is 19.9 Å². The van der Waals surface area contributed by atoms with Gasteiger partial charge in [-0.15, -0.1) is 0 Å². The van der Waals surface area contributed by atoms with Crippen molar-refractivity contribution in [3.8, 4) is 0 Å². The number of hydrogen-bond acceptors (Lipinski definition) is 14. The summed E-state index contributed by atoms with van der Waals surface area (Å²) in [4.78, 5) is 16.7. The number of nitrogens with two attached hydrogens (primary N) is 2. The Morgan fingerprint density at radius 1 is 0.623 bits per heavy atom. The highest BCUT2D eigenvalue weighted by molar-refractivity contribution is 6.42. The maximum atomic E-state index is 10.8. The lowest BCUT2D eigenvalue weighted by atomic mass is 9.92. The van der Waals surface area contributed by atoms with Gasteiger partial charge in [-0.05, 0) is 85.3 Å². The number of aromatic nitrogens is 6. The molecule has 4 aromatic heterocycles. The molecule has 0 radical (unpaired) electrons. The third kappa shape index (κ3) is 7.10. The fourth-order valence-electron chi connectivity index (χ4n) is 9.12. The van der Waals surface area contributed by atoms with Gasteiger partial charge in [0.05, 0.1) is 44.1 Å². The fraction of sp³-hybridized carbons (Fsp3) is 0.415. The van der Waals surface area contributed by atoms with Crippen LogP contribution in [0.25, 0.3) is 22.1 Å². The third-order valence-electron chi connectivity index (χ3n) is 11.9. The van der Waals surface area contributed by atoms with Crippen molar-refractivity contribution < 1.29 is 38.6 Å². The Hall–Kier alpha value is -3.88. The second-order valence-electron chi connectivity index (χ2n) is 16.0. The standard InChI is InChI=1S/C22H22Cl2N4O4.C19H18Cl2N4O4/c1-22(2)31-17-16(15-12-8-14(24)13(23)7-10(12)4-6-29-15)30-21(18(17)32-22)28-5-3-11-19(25)26-9-27-20(11)28;20-11-5-8-2-4-28-15(10(8)6-12(11)21)16-13(26)14(27)19(29-16)25-3-1-9-17(22)23-7-24-18(9)25/h3,5,7-9,15-18,21H,4,6H2,1-2H3,(H2,25,26,27);1,3,5-7,13-16,19,26-27H,2,4H2,(H2,22,23,24)/t15-,16-,17-,18-,21-;13-,14+,15+,16-,19+/m10/s1. The Morgan fingerprint density at radius 3 is 1.66 bits per heavy atom. The van der Waals surface area contributed by atoms with Gasteiger partial charge in [0.15, 0.2) is 18.2 Å². The lowest BCUT2D eigenvalue weighted by Crippen LogP contribution is -2.37. The molecule has 3 fully saturated rings. The number of aliphatic hydroxyl groups excluding tert-OH is 2. The average molecular weight is 915 g/mol. The van der Waals surface area contributed by atoms with Crippen molar-refractivity contribution in [2.75, 3.05) is 24.7 Å². The fourth-order valence-corrected chi connectivity index (χ4v) is 9.83. The number of fused-ring (bicyclic) bond motifs is 5. The quantitative estimate of drug-likeness (QED) is 0.153. The molecule has 2 aromatic carbocycles. The van der Waals surface area contributed by atoms with Crippen molar-refractivity contribution in [1.29, 1.82) is 0 Å². The zero-order valence-corrected chi connectivity index (χ0v) is 35.6. The highest BCUT2D eigenvalue weighted by Gasteiger charge is 2.59. The van der Waals surface area contributed by atoms with Crippen molar-refractivity contribution in [3.05, 3.63) is 104 Å². The SMILES string of the molecule is CC1(C)O[C@H]2[C@@H](O1)[C@H](n1ccc3c(N)ncnc31)O[C@@H]2[C@@H]1OCCc2cc(Cl)c(Cl)cc21.Nc1ncnc2c1ccn2[C@@H]1O[C@H]([C@@H]2OCCc3cc(Cl)c(Cl)cc32)[C@@H](O)[C@H]1O. The van der Waals surface area contributed by atoms with Crippen LogP contribution in [0.1, 0.15) is 60.8 Å². The van der Waals surface area contributed by atoms with Crippen LogP contribution in [-0.4, -0.2) is 94.9 Å². The van der Waals surface area contributed by atoms with E-state index in [9.17, 15) is 10.2 Å². The minimum Gasteiger partial charge on any atom is -0.387 e. The van der Waals surface area contributed by atoms with Crippen LogP contribution in [0.5, 0.6) is 0 Å². The monoisotopic (exact) mass is 912 g/mol. The molecule has 5 aliphatic rings. The molecule has 6 N–H and O–H groups in total. The Labute approximate surface area is 368 Å². The molecule has 5 aliphatic heterocycles. The van der Waals surface area contributed by atoms with Gasteiger partial charge in [0, 0.05) is 12.4 Å². The molecule has 61 heavy (non-hydrogen) atoms. The van der Waals surface area contributed by atoms with Crippen LogP contribution in [-0.2, 0) is 41.3 Å². The number of hydrogen-bond donors (Lipinski definition) is 4. The minimum absolute atomic E-state index is 0.328. The molecular formula is C41H40Cl4N8O8. The molecule has 10 atom stereocenters. The maximum Gasteiger partial charge on any atom is 0.164 e. The average Bonchev–Trinajstić information content (AvgIpc) is 4.05. The van der Waals surface area contributed by atoms with Gasteiger partial charge in [-0.1, -0.05) is 46.4 Å². The Bertz CT molecular complexity index is 2670. The molecule has 16 nitrogen and oxygen atoms in total. The van der Waals surface area contributed by atoms with Crippen molar-refractivity contribution in [3.63, 3.8) is 0 Å². The minimum atomic E-state index is -1.19. The molecule has 11 rings (SSSR count). The Balaban J connectivity index is 0.000000147. The maximum absolute atomic E-state index is 10.8. The van der Waals surface area contributed by atoms with Crippen LogP contribution >= 0.6 is 46.4 Å². The molecule has 320 valence electrons. The number of halogens is 4. The van der Waals surface area contributed by atoms with Crippen LogP contribution in [0.15, 0.2) is 61.4 Å². The first-order chi connectivity index (χ1) is 29.3. The van der Waals surface area contributed by atoms with E-state index in [1.54, 1.807) is 22.9 Å². The van der Waals surface area contributed by atoms with E-state index in [0.717, 1.165) is 34.1 Å². The summed E-state index contributed by atoms with van der Waals surface area (Å²) in [5.41, 5.74) is 17.0. The van der Waals surface area contributed by atoms with Crippen molar-refractivity contribution in [2.24, 2.45) is 0 Å². The first kappa shape index (κ1) is 41.1. The van der Waals surface area contributed by atoms with Gasteiger partial charge < -0.3 is 59.2 Å². The molecule has 20 heteroatoms. The summed E-state index contributed by atoms with van der Waals surface area (Å²) in [5, 5.41) is 24.8. The van der Waals surface area contributed by atoms with Crippen LogP contribution in [0.4, 0.5) is 11.6 Å². The summed E-state index contributed by atoms with van der Waals surface area (Å²) in [6, 6.07) is 10.9. The van der Waals surface area contributed by atoms with Gasteiger partial charge in [-0.2, -0.15) is 0 Å². The number of ether oxygens (including phenoxy) is 6. The highest BCUT2D eigenvalue weighted by atomic mass is 35.5. The van der Waals surface area contributed by atoms with Crippen molar-refractivity contribution >= 4 is 80.1 Å². The van der Waals surface area contributed by atoms with Crippen molar-refractivity contribution in [1.82, 2.24) is 29.1 Å². The van der Waals surface area contributed by atoms with E-state index in [-0.39, 0.29) is 18.3 Å². The number of nitrogens with zero attached hydrogens (tertiary/aromatic N) is 6. The normalized spacial score (nSPS) is 30.2. The predicted octanol–water partition coefficient (Wildman–Crippen LogP) is 6.31. The van der Waals surface area contributed by atoms with Gasteiger partial charge in [0.2, 0.25) is 0 Å². The summed E-state index contributed by atoms with van der Waals surface area (Å²) in [6.45, 7) is 4.80. The highest BCUT2D eigenvalue weighted by Crippen LogP contribution is 2.50. The number of rotatable bonds is 4. The summed E-state index contributed by atoms with van der Waals surface area (Å²) in [5.74, 6) is -0.0175. The molecule has 3 saturated heterocycles. The van der Waals surface area contributed by atoms with E-state index in [4.69, 9.17) is 86.3 Å². The molecule has 0 aliphatic carbocycles. The molecule has 9 heterocycles. The van der Waals surface area contributed by atoms with E-state index < -0.39 is 48.8 Å². The first-order valence-electron chi connectivity index (χ1n) is 19.6. The Morgan fingerprint density at radius 2 is 1.10 bits per heavy atom.